The number of hydrogen-bond donors (Lipinski definition) is 1. The van der Waals surface area contributed by atoms with Crippen molar-refractivity contribution in [2.45, 2.75) is 18.9 Å². The third-order valence-corrected chi connectivity index (χ3v) is 2.77. The number of β-amino-alcohol motifs (C(OH)–C–C–N with tert-alkyl or cyclic N) is 1. The maximum atomic E-state index is 12.7. The average molecular weight is 223 g/mol. The molecule has 0 spiro atoms. The van der Waals surface area contributed by atoms with Crippen molar-refractivity contribution in [3.05, 3.63) is 35.6 Å². The van der Waals surface area contributed by atoms with E-state index in [1.165, 1.54) is 24.3 Å². The smallest absolute Gasteiger partial charge is 0.253 e. The second-order valence-corrected chi connectivity index (χ2v) is 4.05. The average Bonchev–Trinajstić information content (AvgIpc) is 2.29. The first kappa shape index (κ1) is 11.1. The van der Waals surface area contributed by atoms with Gasteiger partial charge in [-0.25, -0.2) is 4.39 Å². The number of likely N-dealkylation sites (tertiary alicyclic amines) is 1. The summed E-state index contributed by atoms with van der Waals surface area (Å²) in [5.41, 5.74) is 0.468. The van der Waals surface area contributed by atoms with Crippen LogP contribution in [0.2, 0.25) is 0 Å². The summed E-state index contributed by atoms with van der Waals surface area (Å²) in [6.07, 6.45) is 1.12. The predicted molar refractivity (Wildman–Crippen MR) is 57.5 cm³/mol. The highest BCUT2D eigenvalue weighted by atomic mass is 19.1. The van der Waals surface area contributed by atoms with Gasteiger partial charge in [0.1, 0.15) is 5.82 Å². The van der Waals surface area contributed by atoms with Gasteiger partial charge in [-0.2, -0.15) is 0 Å². The molecule has 1 saturated heterocycles. The van der Waals surface area contributed by atoms with Crippen LogP contribution < -0.4 is 0 Å². The summed E-state index contributed by atoms with van der Waals surface area (Å²) in [5.74, 6) is -0.492. The van der Waals surface area contributed by atoms with Gasteiger partial charge in [0.2, 0.25) is 0 Å². The molecule has 0 bridgehead atoms. The zero-order chi connectivity index (χ0) is 11.5. The van der Waals surface area contributed by atoms with Crippen LogP contribution in [0.1, 0.15) is 23.2 Å². The van der Waals surface area contributed by atoms with E-state index in [1.54, 1.807) is 4.90 Å². The number of carbonyl (C=O) groups excluding carboxylic acids is 1. The van der Waals surface area contributed by atoms with Crippen molar-refractivity contribution >= 4 is 5.91 Å². The molecule has 1 aromatic carbocycles. The molecular formula is C12H14FNO2. The van der Waals surface area contributed by atoms with Gasteiger partial charge in [-0.3, -0.25) is 4.79 Å². The molecule has 4 heteroatoms. The van der Waals surface area contributed by atoms with E-state index < -0.39 is 6.10 Å². The Bertz CT molecular complexity index is 377. The van der Waals surface area contributed by atoms with Crippen LogP contribution in [-0.4, -0.2) is 35.1 Å². The quantitative estimate of drug-likeness (QED) is 0.782. The summed E-state index contributed by atoms with van der Waals surface area (Å²) in [7, 11) is 0. The van der Waals surface area contributed by atoms with Crippen molar-refractivity contribution in [1.82, 2.24) is 4.90 Å². The Hall–Kier alpha value is -1.42. The minimum Gasteiger partial charge on any atom is -0.391 e. The lowest BCUT2D eigenvalue weighted by Crippen LogP contribution is -2.42. The summed E-state index contributed by atoms with van der Waals surface area (Å²) in [6.45, 7) is 1.03. The number of benzene rings is 1. The van der Waals surface area contributed by atoms with E-state index in [1.807, 2.05) is 0 Å². The van der Waals surface area contributed by atoms with Gasteiger partial charge in [-0.1, -0.05) is 0 Å². The Kier molecular flexibility index (Phi) is 3.19. The van der Waals surface area contributed by atoms with Crippen molar-refractivity contribution in [3.63, 3.8) is 0 Å². The highest BCUT2D eigenvalue weighted by Gasteiger charge is 2.22. The number of aliphatic hydroxyl groups excluding tert-OH is 1. The first-order valence-corrected chi connectivity index (χ1v) is 5.40. The van der Waals surface area contributed by atoms with Crippen LogP contribution in [-0.2, 0) is 0 Å². The summed E-state index contributed by atoms with van der Waals surface area (Å²) < 4.78 is 12.7. The van der Waals surface area contributed by atoms with Crippen molar-refractivity contribution in [2.24, 2.45) is 0 Å². The second kappa shape index (κ2) is 4.61. The molecule has 1 amide bonds. The van der Waals surface area contributed by atoms with Crippen LogP contribution in [0.15, 0.2) is 24.3 Å². The fourth-order valence-electron chi connectivity index (χ4n) is 1.91. The lowest BCUT2D eigenvalue weighted by molar-refractivity contribution is 0.0473. The molecule has 0 aliphatic carbocycles. The van der Waals surface area contributed by atoms with E-state index in [2.05, 4.69) is 0 Å². The zero-order valence-corrected chi connectivity index (χ0v) is 8.90. The molecule has 86 valence electrons. The van der Waals surface area contributed by atoms with Crippen LogP contribution in [0.4, 0.5) is 4.39 Å². The second-order valence-electron chi connectivity index (χ2n) is 4.05. The molecule has 0 aromatic heterocycles. The minimum absolute atomic E-state index is 0.140. The number of nitrogens with zero attached hydrogens (tertiary/aromatic N) is 1. The Morgan fingerprint density at radius 2 is 2.06 bits per heavy atom. The normalized spacial score (nSPS) is 20.9. The highest BCUT2D eigenvalue weighted by molar-refractivity contribution is 5.94. The van der Waals surface area contributed by atoms with E-state index in [0.717, 1.165) is 12.8 Å². The molecule has 1 fully saturated rings. The number of piperidine rings is 1. The monoisotopic (exact) mass is 223 g/mol. The molecule has 2 rings (SSSR count). The van der Waals surface area contributed by atoms with Gasteiger partial charge in [-0.15, -0.1) is 0 Å². The molecule has 1 aliphatic heterocycles. The van der Waals surface area contributed by atoms with Crippen LogP contribution in [0, 0.1) is 5.82 Å². The summed E-state index contributed by atoms with van der Waals surface area (Å²) in [6, 6.07) is 5.48. The Morgan fingerprint density at radius 1 is 1.38 bits per heavy atom. The topological polar surface area (TPSA) is 40.5 Å². The van der Waals surface area contributed by atoms with Crippen LogP contribution >= 0.6 is 0 Å². The van der Waals surface area contributed by atoms with Crippen molar-refractivity contribution in [3.8, 4) is 0 Å². The number of halogens is 1. The van der Waals surface area contributed by atoms with Crippen molar-refractivity contribution in [2.75, 3.05) is 13.1 Å². The molecule has 16 heavy (non-hydrogen) atoms. The Morgan fingerprint density at radius 3 is 2.69 bits per heavy atom. The van der Waals surface area contributed by atoms with E-state index >= 15 is 0 Å². The van der Waals surface area contributed by atoms with Gasteiger partial charge in [0.15, 0.2) is 0 Å². The summed E-state index contributed by atoms with van der Waals surface area (Å²) in [4.78, 5) is 13.6. The lowest BCUT2D eigenvalue weighted by Gasteiger charge is -2.30. The minimum atomic E-state index is -0.432. The number of rotatable bonds is 1. The fraction of sp³-hybridized carbons (Fsp3) is 0.417. The molecule has 1 N–H and O–H groups in total. The molecule has 1 heterocycles. The molecule has 1 aromatic rings. The maximum absolute atomic E-state index is 12.7. The van der Waals surface area contributed by atoms with E-state index in [-0.39, 0.29) is 11.7 Å². The lowest BCUT2D eigenvalue weighted by atomic mass is 10.1. The Balaban J connectivity index is 2.09. The van der Waals surface area contributed by atoms with E-state index in [9.17, 15) is 14.3 Å². The number of hydrogen-bond acceptors (Lipinski definition) is 2. The van der Waals surface area contributed by atoms with Crippen LogP contribution in [0.5, 0.6) is 0 Å². The van der Waals surface area contributed by atoms with Gasteiger partial charge >= 0.3 is 0 Å². The molecule has 0 radical (unpaired) electrons. The molecule has 3 nitrogen and oxygen atoms in total. The van der Waals surface area contributed by atoms with E-state index in [0.29, 0.717) is 18.7 Å². The number of carbonyl (C=O) groups is 1. The molecule has 1 unspecified atom stereocenters. The van der Waals surface area contributed by atoms with Gasteiger partial charge in [0.05, 0.1) is 6.10 Å². The third-order valence-electron chi connectivity index (χ3n) is 2.77. The van der Waals surface area contributed by atoms with Gasteiger partial charge in [-0.05, 0) is 37.1 Å². The molecule has 1 aliphatic rings. The van der Waals surface area contributed by atoms with Gasteiger partial charge < -0.3 is 10.0 Å². The largest absolute Gasteiger partial charge is 0.391 e. The summed E-state index contributed by atoms with van der Waals surface area (Å²) >= 11 is 0. The van der Waals surface area contributed by atoms with Gasteiger partial charge in [0.25, 0.3) is 5.91 Å². The molecule has 0 saturated carbocycles. The molecular weight excluding hydrogens is 209 g/mol. The number of amides is 1. The molecule has 1 atom stereocenters. The van der Waals surface area contributed by atoms with Crippen LogP contribution in [0.25, 0.3) is 0 Å². The Labute approximate surface area is 93.5 Å². The first-order chi connectivity index (χ1) is 7.66. The first-order valence-electron chi connectivity index (χ1n) is 5.40. The van der Waals surface area contributed by atoms with Gasteiger partial charge in [0, 0.05) is 18.7 Å². The zero-order valence-electron chi connectivity index (χ0n) is 8.90. The summed E-state index contributed by atoms with van der Waals surface area (Å²) in [5, 5.41) is 9.47. The van der Waals surface area contributed by atoms with E-state index in [4.69, 9.17) is 0 Å². The standard InChI is InChI=1S/C12H14FNO2/c13-10-5-3-9(4-6-10)12(16)14-7-1-2-11(15)8-14/h3-6,11,15H,1-2,7-8H2. The van der Waals surface area contributed by atoms with Crippen molar-refractivity contribution in [1.29, 1.82) is 0 Å². The predicted octanol–water partition coefficient (Wildman–Crippen LogP) is 1.42. The SMILES string of the molecule is O=C(c1ccc(F)cc1)N1CCCC(O)C1. The maximum Gasteiger partial charge on any atom is 0.253 e. The van der Waals surface area contributed by atoms with Crippen LogP contribution in [0.3, 0.4) is 0 Å². The highest BCUT2D eigenvalue weighted by Crippen LogP contribution is 2.14. The fourth-order valence-corrected chi connectivity index (χ4v) is 1.91. The third kappa shape index (κ3) is 2.39. The number of aliphatic hydroxyl groups is 1. The van der Waals surface area contributed by atoms with Crippen molar-refractivity contribution < 1.29 is 14.3 Å².